The van der Waals surface area contributed by atoms with Crippen LogP contribution in [0.3, 0.4) is 0 Å². The van der Waals surface area contributed by atoms with Crippen LogP contribution in [-0.4, -0.2) is 49.8 Å². The van der Waals surface area contributed by atoms with Gasteiger partial charge in [0.25, 0.3) is 0 Å². The van der Waals surface area contributed by atoms with Crippen LogP contribution in [0.2, 0.25) is 5.02 Å². The number of sulfonamides is 1. The van der Waals surface area contributed by atoms with Gasteiger partial charge in [0.1, 0.15) is 5.82 Å². The molecule has 1 aromatic heterocycles. The fourth-order valence-electron chi connectivity index (χ4n) is 3.07. The maximum Gasteiger partial charge on any atom is 0.417 e. The molecule has 168 valence electrons. The lowest BCUT2D eigenvalue weighted by Gasteiger charge is -2.35. The number of nitrogens with one attached hydrogen (secondary N) is 1. The monoisotopic (exact) mass is 476 g/mol. The van der Waals surface area contributed by atoms with Gasteiger partial charge < -0.3 is 10.2 Å². The SMILES string of the molecule is CCC(=O)Nc1ccc(S(=O)(=O)N2CCN(c3ncc(C(F)(F)F)cc3Cl)CC2)cc1. The third-order valence-electron chi connectivity index (χ3n) is 4.78. The Morgan fingerprint density at radius 1 is 1.16 bits per heavy atom. The van der Waals surface area contributed by atoms with Gasteiger partial charge >= 0.3 is 6.18 Å². The van der Waals surface area contributed by atoms with Gasteiger partial charge in [-0.1, -0.05) is 18.5 Å². The van der Waals surface area contributed by atoms with E-state index in [0.29, 0.717) is 18.3 Å². The molecule has 0 unspecified atom stereocenters. The molecule has 12 heteroatoms. The van der Waals surface area contributed by atoms with Gasteiger partial charge in [0.2, 0.25) is 15.9 Å². The Kier molecular flexibility index (Phi) is 6.77. The molecule has 0 saturated carbocycles. The van der Waals surface area contributed by atoms with Crippen LogP contribution in [0.15, 0.2) is 41.4 Å². The molecule has 0 atom stereocenters. The Morgan fingerprint density at radius 3 is 2.29 bits per heavy atom. The normalized spacial score (nSPS) is 15.7. The minimum atomic E-state index is -4.54. The number of anilines is 2. The summed E-state index contributed by atoms with van der Waals surface area (Å²) in [6.45, 7) is 2.40. The first-order chi connectivity index (χ1) is 14.5. The smallest absolute Gasteiger partial charge is 0.353 e. The Labute approximate surface area is 182 Å². The van der Waals surface area contributed by atoms with Crippen molar-refractivity contribution in [3.63, 3.8) is 0 Å². The van der Waals surface area contributed by atoms with Crippen molar-refractivity contribution in [1.29, 1.82) is 0 Å². The van der Waals surface area contributed by atoms with Crippen molar-refractivity contribution in [3.8, 4) is 0 Å². The van der Waals surface area contributed by atoms with E-state index < -0.39 is 21.8 Å². The Hall–Kier alpha value is -2.37. The highest BCUT2D eigenvalue weighted by Gasteiger charge is 2.33. The number of nitrogens with zero attached hydrogens (tertiary/aromatic N) is 3. The first-order valence-electron chi connectivity index (χ1n) is 9.40. The molecular weight excluding hydrogens is 457 g/mol. The predicted molar refractivity (Wildman–Crippen MR) is 111 cm³/mol. The Morgan fingerprint density at radius 2 is 1.77 bits per heavy atom. The molecule has 1 saturated heterocycles. The summed E-state index contributed by atoms with van der Waals surface area (Å²) in [4.78, 5) is 17.0. The van der Waals surface area contributed by atoms with Crippen molar-refractivity contribution < 1.29 is 26.4 Å². The average molecular weight is 477 g/mol. The fourth-order valence-corrected chi connectivity index (χ4v) is 4.78. The number of benzene rings is 1. The molecule has 0 aliphatic carbocycles. The van der Waals surface area contributed by atoms with Crippen molar-refractivity contribution >= 4 is 39.0 Å². The van der Waals surface area contributed by atoms with Crippen molar-refractivity contribution in [2.24, 2.45) is 0 Å². The highest BCUT2D eigenvalue weighted by Crippen LogP contribution is 2.34. The second-order valence-electron chi connectivity index (χ2n) is 6.84. The van der Waals surface area contributed by atoms with Crippen molar-refractivity contribution in [3.05, 3.63) is 47.1 Å². The highest BCUT2D eigenvalue weighted by atomic mass is 35.5. The standard InChI is InChI=1S/C19H20ClF3N4O3S/c1-2-17(28)25-14-3-5-15(6-4-14)31(29,30)27-9-7-26(8-10-27)18-16(20)11-13(12-24-18)19(21,22)23/h3-6,11-12H,2,7-10H2,1H3,(H,25,28). The molecule has 3 rings (SSSR count). The summed E-state index contributed by atoms with van der Waals surface area (Å²) >= 11 is 5.99. The van der Waals surface area contributed by atoms with Gasteiger partial charge in [0.15, 0.2) is 0 Å². The van der Waals surface area contributed by atoms with Crippen LogP contribution in [0.1, 0.15) is 18.9 Å². The fraction of sp³-hybridized carbons (Fsp3) is 0.368. The van der Waals surface area contributed by atoms with E-state index in [1.54, 1.807) is 11.8 Å². The van der Waals surface area contributed by atoms with Gasteiger partial charge in [0.05, 0.1) is 15.5 Å². The van der Waals surface area contributed by atoms with E-state index in [-0.39, 0.29) is 47.8 Å². The number of amides is 1. The molecule has 1 aliphatic heterocycles. The van der Waals surface area contributed by atoms with E-state index in [0.717, 1.165) is 6.07 Å². The molecule has 2 aromatic rings. The van der Waals surface area contributed by atoms with Gasteiger partial charge in [-0.25, -0.2) is 13.4 Å². The molecule has 0 spiro atoms. The number of pyridine rings is 1. The summed E-state index contributed by atoms with van der Waals surface area (Å²) < 4.78 is 65.4. The van der Waals surface area contributed by atoms with E-state index in [1.807, 2.05) is 0 Å². The van der Waals surface area contributed by atoms with Crippen molar-refractivity contribution in [2.45, 2.75) is 24.4 Å². The number of rotatable bonds is 5. The molecular formula is C19H20ClF3N4O3S. The van der Waals surface area contributed by atoms with Gasteiger partial charge in [-0.2, -0.15) is 17.5 Å². The second-order valence-corrected chi connectivity index (χ2v) is 9.19. The average Bonchev–Trinajstić information content (AvgIpc) is 2.73. The number of alkyl halides is 3. The van der Waals surface area contributed by atoms with E-state index >= 15 is 0 Å². The number of piperazine rings is 1. The van der Waals surface area contributed by atoms with E-state index in [1.165, 1.54) is 28.6 Å². The zero-order valence-corrected chi connectivity index (χ0v) is 18.1. The van der Waals surface area contributed by atoms with Crippen LogP contribution < -0.4 is 10.2 Å². The van der Waals surface area contributed by atoms with Crippen molar-refractivity contribution in [2.75, 3.05) is 36.4 Å². The maximum absolute atomic E-state index is 12.9. The molecule has 1 amide bonds. The minimum absolute atomic E-state index is 0.0844. The molecule has 7 nitrogen and oxygen atoms in total. The molecule has 1 N–H and O–H groups in total. The summed E-state index contributed by atoms with van der Waals surface area (Å²) in [6.07, 6.45) is -3.53. The minimum Gasteiger partial charge on any atom is -0.353 e. The highest BCUT2D eigenvalue weighted by molar-refractivity contribution is 7.89. The van der Waals surface area contributed by atoms with Gasteiger partial charge in [-0.05, 0) is 30.3 Å². The van der Waals surface area contributed by atoms with E-state index in [9.17, 15) is 26.4 Å². The number of aromatic nitrogens is 1. The van der Waals surface area contributed by atoms with Crippen LogP contribution in [0.5, 0.6) is 0 Å². The Bertz CT molecular complexity index is 1050. The van der Waals surface area contributed by atoms with Gasteiger partial charge in [0, 0.05) is 44.5 Å². The molecule has 1 aromatic carbocycles. The van der Waals surface area contributed by atoms with Crippen LogP contribution in [0.4, 0.5) is 24.7 Å². The third kappa shape index (κ3) is 5.28. The number of halogens is 4. The third-order valence-corrected chi connectivity index (χ3v) is 6.98. The number of hydrogen-bond acceptors (Lipinski definition) is 5. The quantitative estimate of drug-likeness (QED) is 0.712. The van der Waals surface area contributed by atoms with Crippen LogP contribution in [0, 0.1) is 0 Å². The zero-order valence-electron chi connectivity index (χ0n) is 16.5. The molecule has 2 heterocycles. The Balaban J connectivity index is 1.68. The molecule has 1 aliphatic rings. The number of hydrogen-bond donors (Lipinski definition) is 1. The van der Waals surface area contributed by atoms with Crippen LogP contribution in [-0.2, 0) is 21.0 Å². The first kappa shape index (κ1) is 23.3. The zero-order chi connectivity index (χ0) is 22.8. The van der Waals surface area contributed by atoms with E-state index in [4.69, 9.17) is 11.6 Å². The molecule has 31 heavy (non-hydrogen) atoms. The molecule has 0 radical (unpaired) electrons. The second kappa shape index (κ2) is 9.01. The van der Waals surface area contributed by atoms with Crippen molar-refractivity contribution in [1.82, 2.24) is 9.29 Å². The number of carbonyl (C=O) groups excluding carboxylic acids is 1. The lowest BCUT2D eigenvalue weighted by atomic mass is 10.2. The summed E-state index contributed by atoms with van der Waals surface area (Å²) in [5.41, 5.74) is -0.445. The topological polar surface area (TPSA) is 82.6 Å². The summed E-state index contributed by atoms with van der Waals surface area (Å²) in [6, 6.07) is 6.68. The lowest BCUT2D eigenvalue weighted by Crippen LogP contribution is -2.49. The molecule has 0 bridgehead atoms. The molecule has 1 fully saturated rings. The lowest BCUT2D eigenvalue weighted by molar-refractivity contribution is -0.137. The summed E-state index contributed by atoms with van der Waals surface area (Å²) in [5, 5.41) is 2.51. The van der Waals surface area contributed by atoms with Crippen LogP contribution >= 0.6 is 11.6 Å². The predicted octanol–water partition coefficient (Wildman–Crippen LogP) is 3.61. The number of carbonyl (C=O) groups is 1. The van der Waals surface area contributed by atoms with Gasteiger partial charge in [-0.3, -0.25) is 4.79 Å². The first-order valence-corrected chi connectivity index (χ1v) is 11.2. The summed E-state index contributed by atoms with van der Waals surface area (Å²) in [5.74, 6) is 0.00463. The van der Waals surface area contributed by atoms with E-state index in [2.05, 4.69) is 10.3 Å². The van der Waals surface area contributed by atoms with Gasteiger partial charge in [-0.15, -0.1) is 0 Å². The summed E-state index contributed by atoms with van der Waals surface area (Å²) in [7, 11) is -3.76. The van der Waals surface area contributed by atoms with Crippen LogP contribution in [0.25, 0.3) is 0 Å². The maximum atomic E-state index is 12.9. The largest absolute Gasteiger partial charge is 0.417 e.